The third-order valence-electron chi connectivity index (χ3n) is 3.43. The molecule has 0 fully saturated rings. The molecule has 2 aromatic rings. The maximum atomic E-state index is 11.4. The highest BCUT2D eigenvalue weighted by Crippen LogP contribution is 2.22. The second kappa shape index (κ2) is 4.86. The molecular formula is C13H19N3O2. The van der Waals surface area contributed by atoms with Crippen LogP contribution in [-0.4, -0.2) is 24.2 Å². The molecule has 0 bridgehead atoms. The maximum Gasteiger partial charge on any atom is 0.419 e. The van der Waals surface area contributed by atoms with Crippen molar-refractivity contribution >= 4 is 16.8 Å². The lowest BCUT2D eigenvalue weighted by Crippen LogP contribution is -2.30. The molecule has 0 aliphatic heterocycles. The zero-order valence-corrected chi connectivity index (χ0v) is 11.0. The van der Waals surface area contributed by atoms with Gasteiger partial charge >= 0.3 is 5.76 Å². The topological polar surface area (TPSA) is 64.4 Å². The predicted octanol–water partition coefficient (Wildman–Crippen LogP) is 1.30. The number of hydrogen-bond acceptors (Lipinski definition) is 4. The van der Waals surface area contributed by atoms with Crippen molar-refractivity contribution in [2.45, 2.75) is 19.4 Å². The molecule has 2 N–H and O–H groups in total. The molecule has 0 saturated heterocycles. The molecule has 1 aromatic carbocycles. The van der Waals surface area contributed by atoms with E-state index in [0.717, 1.165) is 17.6 Å². The Kier molecular flexibility index (Phi) is 3.43. The molecule has 0 aliphatic rings. The van der Waals surface area contributed by atoms with Gasteiger partial charge in [0.15, 0.2) is 5.58 Å². The summed E-state index contributed by atoms with van der Waals surface area (Å²) in [6.45, 7) is 2.78. The lowest BCUT2D eigenvalue weighted by Gasteiger charge is -2.26. The van der Waals surface area contributed by atoms with Crippen molar-refractivity contribution in [3.63, 3.8) is 0 Å². The number of rotatable bonds is 4. The van der Waals surface area contributed by atoms with Gasteiger partial charge in [-0.25, -0.2) is 4.79 Å². The second-order valence-corrected chi connectivity index (χ2v) is 4.62. The average molecular weight is 249 g/mol. The minimum absolute atomic E-state index is 0.334. The van der Waals surface area contributed by atoms with Gasteiger partial charge in [-0.15, -0.1) is 0 Å². The number of aryl methyl sites for hydroxylation is 1. The third-order valence-corrected chi connectivity index (χ3v) is 3.43. The van der Waals surface area contributed by atoms with Gasteiger partial charge in [0.25, 0.3) is 0 Å². The largest absolute Gasteiger partial charge is 0.419 e. The summed E-state index contributed by atoms with van der Waals surface area (Å²) in [6, 6.07) is 6.14. The van der Waals surface area contributed by atoms with Crippen LogP contribution in [0.3, 0.4) is 0 Å². The molecule has 1 aromatic heterocycles. The Morgan fingerprint density at radius 3 is 2.89 bits per heavy atom. The van der Waals surface area contributed by atoms with Gasteiger partial charge in [0.1, 0.15) is 0 Å². The molecule has 18 heavy (non-hydrogen) atoms. The summed E-state index contributed by atoms with van der Waals surface area (Å²) in [5, 5.41) is 0. The second-order valence-electron chi connectivity index (χ2n) is 4.62. The Morgan fingerprint density at radius 1 is 1.50 bits per heavy atom. The molecule has 5 heteroatoms. The van der Waals surface area contributed by atoms with Crippen LogP contribution in [0.2, 0.25) is 0 Å². The maximum absolute atomic E-state index is 11.4. The van der Waals surface area contributed by atoms with Crippen LogP contribution in [0, 0.1) is 0 Å². The summed E-state index contributed by atoms with van der Waals surface area (Å²) in [6.07, 6.45) is 0.924. The highest BCUT2D eigenvalue weighted by atomic mass is 16.4. The molecule has 5 nitrogen and oxygen atoms in total. The monoisotopic (exact) mass is 249 g/mol. The van der Waals surface area contributed by atoms with E-state index >= 15 is 0 Å². The van der Waals surface area contributed by atoms with Crippen molar-refractivity contribution in [1.82, 2.24) is 4.57 Å². The van der Waals surface area contributed by atoms with Crippen LogP contribution in [0.25, 0.3) is 11.1 Å². The van der Waals surface area contributed by atoms with E-state index in [1.165, 1.54) is 4.57 Å². The van der Waals surface area contributed by atoms with Gasteiger partial charge in [-0.3, -0.25) is 4.57 Å². The number of oxazole rings is 1. The van der Waals surface area contributed by atoms with E-state index in [0.29, 0.717) is 18.2 Å². The fourth-order valence-electron chi connectivity index (χ4n) is 2.03. The van der Waals surface area contributed by atoms with Crippen molar-refractivity contribution in [2.24, 2.45) is 12.8 Å². The van der Waals surface area contributed by atoms with E-state index in [9.17, 15) is 4.79 Å². The lowest BCUT2D eigenvalue weighted by molar-refractivity contribution is 0.528. The van der Waals surface area contributed by atoms with Crippen molar-refractivity contribution < 1.29 is 4.42 Å². The highest BCUT2D eigenvalue weighted by molar-refractivity contribution is 5.77. The standard InChI is InChI=1S/C13H19N3O2/c1-9(6-7-14)15(2)10-4-5-11-12(8-10)18-13(17)16(11)3/h4-5,8-9H,6-7,14H2,1-3H3. The van der Waals surface area contributed by atoms with E-state index in [2.05, 4.69) is 11.8 Å². The Bertz CT molecular complexity index is 600. The SMILES string of the molecule is CC(CCN)N(C)c1ccc2c(c1)oc(=O)n2C. The van der Waals surface area contributed by atoms with E-state index in [1.807, 2.05) is 25.2 Å². The third kappa shape index (κ3) is 2.13. The van der Waals surface area contributed by atoms with Crippen LogP contribution in [-0.2, 0) is 7.05 Å². The molecule has 2 rings (SSSR count). The van der Waals surface area contributed by atoms with Crippen LogP contribution in [0.4, 0.5) is 5.69 Å². The van der Waals surface area contributed by atoms with Crippen molar-refractivity contribution in [1.29, 1.82) is 0 Å². The highest BCUT2D eigenvalue weighted by Gasteiger charge is 2.12. The normalized spacial score (nSPS) is 12.9. The lowest BCUT2D eigenvalue weighted by atomic mass is 10.2. The summed E-state index contributed by atoms with van der Waals surface area (Å²) >= 11 is 0. The first-order valence-electron chi connectivity index (χ1n) is 6.07. The van der Waals surface area contributed by atoms with Gasteiger partial charge in [-0.05, 0) is 32.0 Å². The number of nitrogens with zero attached hydrogens (tertiary/aromatic N) is 2. The van der Waals surface area contributed by atoms with Crippen molar-refractivity contribution in [3.8, 4) is 0 Å². The number of benzene rings is 1. The molecule has 98 valence electrons. The van der Waals surface area contributed by atoms with E-state index < -0.39 is 0 Å². The van der Waals surface area contributed by atoms with Gasteiger partial charge in [-0.2, -0.15) is 0 Å². The smallest absolute Gasteiger partial charge is 0.408 e. The molecule has 0 aliphatic carbocycles. The van der Waals surface area contributed by atoms with Crippen LogP contribution >= 0.6 is 0 Å². The van der Waals surface area contributed by atoms with Gasteiger partial charge < -0.3 is 15.1 Å². The molecule has 0 amide bonds. The number of hydrogen-bond donors (Lipinski definition) is 1. The zero-order chi connectivity index (χ0) is 13.3. The summed E-state index contributed by atoms with van der Waals surface area (Å²) in [5.74, 6) is -0.334. The summed E-state index contributed by atoms with van der Waals surface area (Å²) in [7, 11) is 3.72. The van der Waals surface area contributed by atoms with E-state index in [-0.39, 0.29) is 5.76 Å². The fraction of sp³-hybridized carbons (Fsp3) is 0.462. The first-order chi connectivity index (χ1) is 8.54. The van der Waals surface area contributed by atoms with Gasteiger partial charge in [-0.1, -0.05) is 0 Å². The number of fused-ring (bicyclic) bond motifs is 1. The predicted molar refractivity (Wildman–Crippen MR) is 73.0 cm³/mol. The van der Waals surface area contributed by atoms with Gasteiger partial charge in [0.2, 0.25) is 0 Å². The fourth-order valence-corrected chi connectivity index (χ4v) is 2.03. The van der Waals surface area contributed by atoms with Gasteiger partial charge in [0.05, 0.1) is 5.52 Å². The summed E-state index contributed by atoms with van der Waals surface area (Å²) in [5.41, 5.74) is 8.02. The summed E-state index contributed by atoms with van der Waals surface area (Å²) < 4.78 is 6.69. The van der Waals surface area contributed by atoms with Crippen molar-refractivity contribution in [3.05, 3.63) is 28.7 Å². The quantitative estimate of drug-likeness (QED) is 0.887. The van der Waals surface area contributed by atoms with Crippen LogP contribution in [0.1, 0.15) is 13.3 Å². The van der Waals surface area contributed by atoms with Crippen molar-refractivity contribution in [2.75, 3.05) is 18.5 Å². The van der Waals surface area contributed by atoms with Crippen LogP contribution in [0.15, 0.2) is 27.4 Å². The molecule has 0 spiro atoms. The van der Waals surface area contributed by atoms with Crippen LogP contribution in [0.5, 0.6) is 0 Å². The molecular weight excluding hydrogens is 230 g/mol. The number of anilines is 1. The molecule has 1 atom stereocenters. The minimum Gasteiger partial charge on any atom is -0.408 e. The zero-order valence-electron chi connectivity index (χ0n) is 11.0. The Hall–Kier alpha value is -1.75. The number of aromatic nitrogens is 1. The molecule has 0 radical (unpaired) electrons. The summed E-state index contributed by atoms with van der Waals surface area (Å²) in [4.78, 5) is 13.6. The molecule has 1 unspecified atom stereocenters. The molecule has 0 saturated carbocycles. The Labute approximate surface area is 106 Å². The average Bonchev–Trinajstić information content (AvgIpc) is 2.64. The van der Waals surface area contributed by atoms with E-state index in [4.69, 9.17) is 10.2 Å². The molecule has 1 heterocycles. The van der Waals surface area contributed by atoms with E-state index in [1.54, 1.807) is 7.05 Å². The first-order valence-corrected chi connectivity index (χ1v) is 6.07. The first kappa shape index (κ1) is 12.7. The minimum atomic E-state index is -0.334. The Morgan fingerprint density at radius 2 is 2.22 bits per heavy atom. The van der Waals surface area contributed by atoms with Crippen LogP contribution < -0.4 is 16.4 Å². The number of nitrogens with two attached hydrogens (primary N) is 1. The van der Waals surface area contributed by atoms with Gasteiger partial charge in [0, 0.05) is 31.9 Å². The Balaban J connectivity index is 2.38.